The molecule has 0 bridgehead atoms. The fraction of sp³-hybridized carbons (Fsp3) is 0.300. The SMILES string of the molecule is CC(C(=O)O)c1ccc(NC(=O)c2ccccc2C(C)(C)C)cc1. The molecule has 0 fully saturated rings. The normalized spacial score (nSPS) is 12.5. The van der Waals surface area contributed by atoms with Crippen molar-refractivity contribution in [1.82, 2.24) is 0 Å². The van der Waals surface area contributed by atoms with Gasteiger partial charge in [0.25, 0.3) is 5.91 Å². The molecule has 0 aliphatic heterocycles. The van der Waals surface area contributed by atoms with Crippen LogP contribution in [0.25, 0.3) is 0 Å². The Hall–Kier alpha value is -2.62. The van der Waals surface area contributed by atoms with Crippen molar-refractivity contribution in [2.45, 2.75) is 39.0 Å². The third kappa shape index (κ3) is 4.02. The Balaban J connectivity index is 2.21. The molecule has 1 atom stereocenters. The lowest BCUT2D eigenvalue weighted by atomic mass is 9.83. The summed E-state index contributed by atoms with van der Waals surface area (Å²) in [4.78, 5) is 23.6. The van der Waals surface area contributed by atoms with Gasteiger partial charge in [-0.25, -0.2) is 0 Å². The number of hydrogen-bond acceptors (Lipinski definition) is 2. The molecule has 2 aromatic carbocycles. The van der Waals surface area contributed by atoms with Crippen LogP contribution in [-0.4, -0.2) is 17.0 Å². The number of nitrogens with one attached hydrogen (secondary N) is 1. The first-order valence-corrected chi connectivity index (χ1v) is 7.94. The summed E-state index contributed by atoms with van der Waals surface area (Å²) in [5.41, 5.74) is 2.85. The van der Waals surface area contributed by atoms with Gasteiger partial charge >= 0.3 is 5.97 Å². The minimum absolute atomic E-state index is 0.130. The predicted molar refractivity (Wildman–Crippen MR) is 95.6 cm³/mol. The molecular formula is C20H23NO3. The first kappa shape index (κ1) is 17.7. The van der Waals surface area contributed by atoms with E-state index in [2.05, 4.69) is 26.1 Å². The van der Waals surface area contributed by atoms with Crippen LogP contribution in [0.3, 0.4) is 0 Å². The molecule has 1 unspecified atom stereocenters. The number of hydrogen-bond donors (Lipinski definition) is 2. The Morgan fingerprint density at radius 1 is 1.00 bits per heavy atom. The van der Waals surface area contributed by atoms with Gasteiger partial charge in [-0.15, -0.1) is 0 Å². The minimum Gasteiger partial charge on any atom is -0.481 e. The van der Waals surface area contributed by atoms with Gasteiger partial charge in [-0.1, -0.05) is 51.1 Å². The molecule has 0 radical (unpaired) electrons. The maximum absolute atomic E-state index is 12.6. The summed E-state index contributed by atoms with van der Waals surface area (Å²) < 4.78 is 0. The van der Waals surface area contributed by atoms with Crippen LogP contribution in [0.1, 0.15) is 55.1 Å². The van der Waals surface area contributed by atoms with Crippen molar-refractivity contribution >= 4 is 17.6 Å². The van der Waals surface area contributed by atoms with Crippen molar-refractivity contribution in [3.63, 3.8) is 0 Å². The highest BCUT2D eigenvalue weighted by atomic mass is 16.4. The van der Waals surface area contributed by atoms with E-state index in [1.54, 1.807) is 31.2 Å². The van der Waals surface area contributed by atoms with Gasteiger partial charge in [-0.05, 0) is 41.7 Å². The second-order valence-electron chi connectivity index (χ2n) is 6.93. The Morgan fingerprint density at radius 3 is 2.12 bits per heavy atom. The van der Waals surface area contributed by atoms with Crippen molar-refractivity contribution in [3.05, 3.63) is 65.2 Å². The molecule has 1 amide bonds. The number of carboxylic acids is 1. The third-order valence-electron chi connectivity index (χ3n) is 4.02. The molecule has 0 saturated carbocycles. The maximum Gasteiger partial charge on any atom is 0.310 e. The van der Waals surface area contributed by atoms with Gasteiger partial charge in [0.1, 0.15) is 0 Å². The van der Waals surface area contributed by atoms with E-state index < -0.39 is 11.9 Å². The van der Waals surface area contributed by atoms with Crippen LogP contribution in [0.15, 0.2) is 48.5 Å². The van der Waals surface area contributed by atoms with Crippen molar-refractivity contribution in [3.8, 4) is 0 Å². The smallest absolute Gasteiger partial charge is 0.310 e. The number of carboxylic acid groups (broad SMARTS) is 1. The van der Waals surface area contributed by atoms with Crippen LogP contribution in [0.5, 0.6) is 0 Å². The molecule has 126 valence electrons. The molecular weight excluding hydrogens is 302 g/mol. The topological polar surface area (TPSA) is 66.4 Å². The highest BCUT2D eigenvalue weighted by molar-refractivity contribution is 6.05. The van der Waals surface area contributed by atoms with Crippen molar-refractivity contribution in [1.29, 1.82) is 0 Å². The van der Waals surface area contributed by atoms with Crippen LogP contribution < -0.4 is 5.32 Å². The van der Waals surface area contributed by atoms with E-state index in [1.807, 2.05) is 24.3 Å². The number of anilines is 1. The van der Waals surface area contributed by atoms with Crippen molar-refractivity contribution in [2.24, 2.45) is 0 Å². The minimum atomic E-state index is -0.870. The molecule has 2 rings (SSSR count). The number of aliphatic carboxylic acids is 1. The maximum atomic E-state index is 12.6. The molecule has 0 aliphatic carbocycles. The summed E-state index contributed by atoms with van der Waals surface area (Å²) in [5.74, 6) is -1.61. The van der Waals surface area contributed by atoms with E-state index in [0.29, 0.717) is 16.8 Å². The molecule has 2 aromatic rings. The van der Waals surface area contributed by atoms with Gasteiger partial charge < -0.3 is 10.4 Å². The first-order valence-electron chi connectivity index (χ1n) is 7.94. The van der Waals surface area contributed by atoms with Crippen LogP contribution in [-0.2, 0) is 10.2 Å². The molecule has 4 nitrogen and oxygen atoms in total. The molecule has 4 heteroatoms. The van der Waals surface area contributed by atoms with Gasteiger partial charge in [0.2, 0.25) is 0 Å². The van der Waals surface area contributed by atoms with E-state index >= 15 is 0 Å². The van der Waals surface area contributed by atoms with Crippen molar-refractivity contribution in [2.75, 3.05) is 5.32 Å². The predicted octanol–water partition coefficient (Wildman–Crippen LogP) is 4.42. The monoisotopic (exact) mass is 325 g/mol. The number of rotatable bonds is 4. The number of amides is 1. The van der Waals surface area contributed by atoms with E-state index in [9.17, 15) is 9.59 Å². The highest BCUT2D eigenvalue weighted by Crippen LogP contribution is 2.26. The Kier molecular flexibility index (Phi) is 5.07. The lowest BCUT2D eigenvalue weighted by Crippen LogP contribution is -2.20. The molecule has 24 heavy (non-hydrogen) atoms. The Labute approximate surface area is 142 Å². The largest absolute Gasteiger partial charge is 0.481 e. The third-order valence-corrected chi connectivity index (χ3v) is 4.02. The summed E-state index contributed by atoms with van der Waals surface area (Å²) in [6.07, 6.45) is 0. The van der Waals surface area contributed by atoms with Gasteiger partial charge in [0.05, 0.1) is 5.92 Å². The fourth-order valence-electron chi connectivity index (χ4n) is 2.53. The number of benzene rings is 2. The van der Waals surface area contributed by atoms with Crippen molar-refractivity contribution < 1.29 is 14.7 Å². The molecule has 0 saturated heterocycles. The molecule has 0 aromatic heterocycles. The van der Waals surface area contributed by atoms with E-state index in [0.717, 1.165) is 5.56 Å². The molecule has 0 spiro atoms. The summed E-state index contributed by atoms with van der Waals surface area (Å²) in [7, 11) is 0. The van der Waals surface area contributed by atoms with Crippen LogP contribution in [0, 0.1) is 0 Å². The summed E-state index contributed by atoms with van der Waals surface area (Å²) in [6.45, 7) is 7.85. The number of carbonyl (C=O) groups is 2. The van der Waals surface area contributed by atoms with Crippen LogP contribution in [0.4, 0.5) is 5.69 Å². The summed E-state index contributed by atoms with van der Waals surface area (Å²) >= 11 is 0. The zero-order valence-corrected chi connectivity index (χ0v) is 14.5. The molecule has 0 heterocycles. The summed E-state index contributed by atoms with van der Waals surface area (Å²) in [5, 5.41) is 11.9. The zero-order chi connectivity index (χ0) is 17.9. The van der Waals surface area contributed by atoms with E-state index in [1.165, 1.54) is 0 Å². The second kappa shape index (κ2) is 6.87. The standard InChI is InChI=1S/C20H23NO3/c1-13(19(23)24)14-9-11-15(12-10-14)21-18(22)16-7-5-6-8-17(16)20(2,3)4/h5-13H,1-4H3,(H,21,22)(H,23,24). The average Bonchev–Trinajstić information content (AvgIpc) is 2.54. The van der Waals surface area contributed by atoms with Gasteiger partial charge in [0, 0.05) is 11.3 Å². The highest BCUT2D eigenvalue weighted by Gasteiger charge is 2.21. The van der Waals surface area contributed by atoms with E-state index in [-0.39, 0.29) is 11.3 Å². The summed E-state index contributed by atoms with van der Waals surface area (Å²) in [6, 6.07) is 14.5. The van der Waals surface area contributed by atoms with Gasteiger partial charge in [0.15, 0.2) is 0 Å². The zero-order valence-electron chi connectivity index (χ0n) is 14.5. The lowest BCUT2D eigenvalue weighted by Gasteiger charge is -2.22. The first-order chi connectivity index (χ1) is 11.2. The van der Waals surface area contributed by atoms with Gasteiger partial charge in [-0.3, -0.25) is 9.59 Å². The Bertz CT molecular complexity index is 742. The van der Waals surface area contributed by atoms with E-state index in [4.69, 9.17) is 5.11 Å². The number of carbonyl (C=O) groups excluding carboxylic acids is 1. The van der Waals surface area contributed by atoms with Crippen LogP contribution in [0.2, 0.25) is 0 Å². The van der Waals surface area contributed by atoms with Crippen LogP contribution >= 0.6 is 0 Å². The Morgan fingerprint density at radius 2 is 1.58 bits per heavy atom. The second-order valence-corrected chi connectivity index (χ2v) is 6.93. The lowest BCUT2D eigenvalue weighted by molar-refractivity contribution is -0.138. The fourth-order valence-corrected chi connectivity index (χ4v) is 2.53. The molecule has 2 N–H and O–H groups in total. The quantitative estimate of drug-likeness (QED) is 0.874. The van der Waals surface area contributed by atoms with Gasteiger partial charge in [-0.2, -0.15) is 0 Å². The average molecular weight is 325 g/mol. The molecule has 0 aliphatic rings.